The molecule has 562 valence electrons. The van der Waals surface area contributed by atoms with Crippen LogP contribution in [0, 0.1) is 23.7 Å². The summed E-state index contributed by atoms with van der Waals surface area (Å²) in [5.41, 5.74) is 0.0429. The number of benzene rings is 2. The van der Waals surface area contributed by atoms with Crippen molar-refractivity contribution in [1.29, 1.82) is 0 Å². The van der Waals surface area contributed by atoms with E-state index in [1.54, 1.807) is 73.5 Å². The third-order valence-electron chi connectivity index (χ3n) is 18.1. The molecule has 15 atom stereocenters. The maximum Gasteiger partial charge on any atom is 0.410 e. The molecule has 0 aliphatic carbocycles. The molecule has 6 rings (SSSR count). The van der Waals surface area contributed by atoms with Gasteiger partial charge in [0.05, 0.1) is 54.9 Å². The highest BCUT2D eigenvalue weighted by atomic mass is 32.1. The van der Waals surface area contributed by atoms with Gasteiger partial charge < -0.3 is 85.2 Å². The number of nitrogens with zero attached hydrogens (tertiary/aromatic N) is 5. The Bertz CT molecular complexity index is 3410. The molecule has 1 aromatic heterocycles. The van der Waals surface area contributed by atoms with Crippen LogP contribution >= 0.6 is 11.3 Å². The first kappa shape index (κ1) is 82.3. The number of rotatable bonds is 34. The highest BCUT2D eigenvalue weighted by molar-refractivity contribution is 7.09. The second-order valence-corrected chi connectivity index (χ2v) is 28.3. The van der Waals surface area contributed by atoms with Crippen LogP contribution in [0.1, 0.15) is 124 Å². The van der Waals surface area contributed by atoms with Crippen molar-refractivity contribution < 1.29 is 102 Å². The normalized spacial score (nSPS) is 21.0. The van der Waals surface area contributed by atoms with Gasteiger partial charge >= 0.3 is 18.2 Å². The van der Waals surface area contributed by atoms with Crippen LogP contribution in [0.3, 0.4) is 0 Å². The lowest BCUT2D eigenvalue weighted by atomic mass is 9.89. The van der Waals surface area contributed by atoms with Gasteiger partial charge in [0.15, 0.2) is 6.10 Å². The third kappa shape index (κ3) is 21.7. The number of imide groups is 1. The van der Waals surface area contributed by atoms with Gasteiger partial charge in [0.2, 0.25) is 41.7 Å². The maximum atomic E-state index is 15.0. The Kier molecular flexibility index (Phi) is 30.3. The number of aliphatic carboxylic acids is 1. The summed E-state index contributed by atoms with van der Waals surface area (Å²) < 4.78 is 34.3. The molecule has 102 heavy (non-hydrogen) atoms. The van der Waals surface area contributed by atoms with Gasteiger partial charge in [-0.3, -0.25) is 48.2 Å². The second kappa shape index (κ2) is 37.5. The average Bonchev–Trinajstić information content (AvgIpc) is 1.09. The van der Waals surface area contributed by atoms with E-state index in [4.69, 9.17) is 28.4 Å². The molecule has 2 saturated heterocycles. The number of amides is 10. The lowest BCUT2D eigenvalue weighted by Crippen LogP contribution is -2.61. The van der Waals surface area contributed by atoms with E-state index in [0.29, 0.717) is 37.1 Å². The van der Waals surface area contributed by atoms with E-state index < -0.39 is 182 Å². The highest BCUT2D eigenvalue weighted by Crippen LogP contribution is 2.34. The zero-order chi connectivity index (χ0) is 75.6. The maximum absolute atomic E-state index is 15.0. The first-order valence-corrected chi connectivity index (χ1v) is 34.9. The molecule has 3 aromatic rings. The first-order valence-electron chi connectivity index (χ1n) is 34.0. The van der Waals surface area contributed by atoms with Crippen LogP contribution in [0.15, 0.2) is 72.3 Å². The van der Waals surface area contributed by atoms with Crippen molar-refractivity contribution in [2.24, 2.45) is 23.7 Å². The van der Waals surface area contributed by atoms with E-state index in [2.05, 4.69) is 31.6 Å². The number of nitrogens with one attached hydrogen (secondary N) is 5. The molecule has 0 saturated carbocycles. The molecule has 3 aliphatic heterocycles. The van der Waals surface area contributed by atoms with E-state index in [1.807, 2.05) is 49.6 Å². The fourth-order valence-electron chi connectivity index (χ4n) is 12.6. The van der Waals surface area contributed by atoms with E-state index in [1.165, 1.54) is 55.7 Å². The molecular formula is C70H100N10O21S. The Hall–Kier alpha value is -8.66. The number of carbonyl (C=O) groups excluding carboxylic acids is 10. The number of aliphatic hydroxyl groups excluding tert-OH is 3. The Balaban J connectivity index is 1.13. The summed E-state index contributed by atoms with van der Waals surface area (Å²) in [7, 11) is 5.93. The summed E-state index contributed by atoms with van der Waals surface area (Å²) in [6, 6.07) is 8.11. The number of aliphatic hydroxyl groups is 3. The van der Waals surface area contributed by atoms with Crippen LogP contribution in [0.2, 0.25) is 0 Å². The highest BCUT2D eigenvalue weighted by Gasteiger charge is 2.49. The molecule has 32 heteroatoms. The number of ether oxygens (including phenoxy) is 6. The number of thiazole rings is 1. The molecule has 31 nitrogen and oxygen atoms in total. The van der Waals surface area contributed by atoms with Gasteiger partial charge in [0.25, 0.3) is 11.8 Å². The number of methoxy groups -OCH3 is 2. The minimum atomic E-state index is -2.08. The number of likely N-dealkylation sites (tertiary alicyclic amines) is 1. The molecular weight excluding hydrogens is 1350 g/mol. The number of hydrogen-bond acceptors (Lipinski definition) is 22. The molecule has 2 aromatic carbocycles. The predicted molar refractivity (Wildman–Crippen MR) is 369 cm³/mol. The molecule has 0 radical (unpaired) electrons. The largest absolute Gasteiger partial charge is 0.479 e. The van der Waals surface area contributed by atoms with Gasteiger partial charge in [-0.25, -0.2) is 19.4 Å². The second-order valence-electron chi connectivity index (χ2n) is 27.3. The van der Waals surface area contributed by atoms with Crippen molar-refractivity contribution in [3.05, 3.63) is 88.4 Å². The lowest BCUT2D eigenvalue weighted by Gasteiger charge is -2.41. The van der Waals surface area contributed by atoms with Crippen LogP contribution in [0.25, 0.3) is 0 Å². The number of carboxylic acid groups (broad SMARTS) is 1. The number of hydrogen-bond donors (Lipinski definition) is 9. The van der Waals surface area contributed by atoms with E-state index >= 15 is 0 Å². The topological polar surface area (TPSA) is 410 Å². The molecule has 4 heterocycles. The van der Waals surface area contributed by atoms with Gasteiger partial charge in [-0.2, -0.15) is 0 Å². The molecule has 10 amide bonds. The van der Waals surface area contributed by atoms with Crippen molar-refractivity contribution in [1.82, 2.24) is 45.9 Å². The fourth-order valence-corrected chi connectivity index (χ4v) is 13.3. The predicted octanol–water partition coefficient (Wildman–Crippen LogP) is 3.43. The van der Waals surface area contributed by atoms with Crippen LogP contribution in [0.5, 0.6) is 5.75 Å². The Morgan fingerprint density at radius 2 is 1.49 bits per heavy atom. The zero-order valence-electron chi connectivity index (χ0n) is 60.2. The van der Waals surface area contributed by atoms with Gasteiger partial charge in [0.1, 0.15) is 59.4 Å². The number of anilines is 1. The summed E-state index contributed by atoms with van der Waals surface area (Å²) in [5.74, 6) is -9.15. The van der Waals surface area contributed by atoms with E-state index in [9.17, 15) is 73.2 Å². The number of aromatic nitrogens is 1. The fraction of sp³-hybridized carbons (Fsp3) is 0.600. The summed E-state index contributed by atoms with van der Waals surface area (Å²) in [5, 5.41) is 57.5. The molecule has 3 aliphatic rings. The van der Waals surface area contributed by atoms with Crippen LogP contribution in [0.4, 0.5) is 15.3 Å². The SMILES string of the molecule is CC[C@H](C)[C@@H]([C@@H](CC(=O)N1CCC[C@H]1[C@H](OC)[C@@H](C)C(=O)N[C@@H](Cc1ccccc1)c1nccs1)OC)N(C)C(=O)[C@@H](NC(=O)[C@H](C(C)C)N(C)C(=O)OCc1ccc(O[C@@H]2O[C@H](C(=O)O)[C@@H](O)[C@H](O)[C@H]2O)c(NC(=O)CCNC(=O)[C@H](CNC(=O)OC(C)(C)C)N2C(=O)C=CC2=O)c1)C(C)C. The molecule has 9 N–H and O–H groups in total. The van der Waals surface area contributed by atoms with E-state index in [-0.39, 0.29) is 41.2 Å². The van der Waals surface area contributed by atoms with Crippen LogP contribution in [-0.4, -0.2) is 237 Å². The van der Waals surface area contributed by atoms with Crippen molar-refractivity contribution in [2.75, 3.05) is 53.3 Å². The van der Waals surface area contributed by atoms with Gasteiger partial charge in [0, 0.05) is 71.6 Å². The average molecular weight is 1450 g/mol. The number of alkyl carbamates (subject to hydrolysis) is 1. The zero-order valence-corrected chi connectivity index (χ0v) is 61.0. The summed E-state index contributed by atoms with van der Waals surface area (Å²) in [4.78, 5) is 159. The van der Waals surface area contributed by atoms with Crippen molar-refractivity contribution in [2.45, 2.75) is 199 Å². The van der Waals surface area contributed by atoms with Gasteiger partial charge in [-0.1, -0.05) is 91.3 Å². The number of likely N-dealkylation sites (N-methyl/N-ethyl adjacent to an activating group) is 2. The number of carboxylic acids is 1. The monoisotopic (exact) mass is 1450 g/mol. The molecule has 0 unspecified atom stereocenters. The van der Waals surface area contributed by atoms with Crippen molar-refractivity contribution in [3.8, 4) is 5.75 Å². The third-order valence-corrected chi connectivity index (χ3v) is 19.0. The van der Waals surface area contributed by atoms with Crippen LogP contribution in [-0.2, 0) is 79.9 Å². The van der Waals surface area contributed by atoms with Gasteiger partial charge in [-0.15, -0.1) is 11.3 Å². The first-order chi connectivity index (χ1) is 48.1. The van der Waals surface area contributed by atoms with E-state index in [0.717, 1.165) is 27.6 Å². The summed E-state index contributed by atoms with van der Waals surface area (Å²) >= 11 is 1.45. The Morgan fingerprint density at radius 3 is 2.08 bits per heavy atom. The standard InChI is InChI=1S/C70H100N10O21S/c1-15-39(6)55(48(96-13)34-52(84)79-30-19-22-45(79)59(97-14)40(7)61(88)75-44(64-72-29-31-102-64)32-41-20-17-16-18-21-41)77(11)65(91)53(37(2)3)76-63(90)54(38(4)5)78(12)69(95)98-36-42-23-24-47(99-67-58(87)56(85)57(86)60(100-67)66(92)93)43(33-42)74-49(81)27-28-71-62(89)46(80-50(82)25-26-51(80)83)35-73-68(94)101-70(8,9)10/h16-18,20-21,23-26,29,31,33,37-40,44-46,48,53-60,67,85-87H,15,19,22,27-28,30,32,34-36H2,1-14H3,(H,71,89)(H,73,94)(H,74,81)(H,75,88)(H,76,90)(H,92,93)/t39-,40+,44-,45-,46-,48+,53-,54-,55-,56-,57-,58+,59+,60-,67+/m0/s1. The minimum absolute atomic E-state index is 0.129. The van der Waals surface area contributed by atoms with Crippen molar-refractivity contribution >= 4 is 82.4 Å². The quantitative estimate of drug-likeness (QED) is 0.0387. The molecule has 2 fully saturated rings. The lowest BCUT2D eigenvalue weighted by molar-refractivity contribution is -0.271. The Morgan fingerprint density at radius 1 is 0.814 bits per heavy atom. The smallest absolute Gasteiger partial charge is 0.410 e. The Labute approximate surface area is 597 Å². The molecule has 0 bridgehead atoms. The van der Waals surface area contributed by atoms with Gasteiger partial charge in [-0.05, 0) is 81.0 Å². The number of carbonyl (C=O) groups is 11. The van der Waals surface area contributed by atoms with Crippen molar-refractivity contribution in [3.63, 3.8) is 0 Å². The molecule has 0 spiro atoms. The summed E-state index contributed by atoms with van der Waals surface area (Å²) in [6.07, 6.45) is -8.40. The minimum Gasteiger partial charge on any atom is -0.479 e. The van der Waals surface area contributed by atoms with Crippen LogP contribution < -0.4 is 31.3 Å². The summed E-state index contributed by atoms with van der Waals surface area (Å²) in [6.45, 7) is 16.2.